The Hall–Kier alpha value is -1.25. The molecule has 1 unspecified atom stereocenters. The molecular formula is C17H29NO2. The van der Waals surface area contributed by atoms with Crippen molar-refractivity contribution in [2.45, 2.75) is 67.3 Å². The number of furan rings is 1. The summed E-state index contributed by atoms with van der Waals surface area (Å²) in [4.78, 5) is 12.4. The first-order valence-corrected chi connectivity index (χ1v) is 7.49. The highest BCUT2D eigenvalue weighted by Gasteiger charge is 2.27. The highest BCUT2D eigenvalue weighted by molar-refractivity contribution is 5.95. The maximum absolute atomic E-state index is 12.4. The Labute approximate surface area is 123 Å². The summed E-state index contributed by atoms with van der Waals surface area (Å²) in [6.07, 6.45) is 2.12. The average molecular weight is 279 g/mol. The molecule has 0 spiro atoms. The van der Waals surface area contributed by atoms with Crippen LogP contribution >= 0.6 is 0 Å². The summed E-state index contributed by atoms with van der Waals surface area (Å²) in [5.41, 5.74) is 0.707. The molecule has 0 aliphatic heterocycles. The summed E-state index contributed by atoms with van der Waals surface area (Å²) in [6.45, 7) is 14.6. The molecule has 1 atom stereocenters. The van der Waals surface area contributed by atoms with Gasteiger partial charge in [-0.15, -0.1) is 0 Å². The summed E-state index contributed by atoms with van der Waals surface area (Å²) in [5, 5.41) is 3.18. The van der Waals surface area contributed by atoms with Crippen LogP contribution in [0.15, 0.2) is 10.5 Å². The minimum atomic E-state index is -0.0250. The van der Waals surface area contributed by atoms with E-state index >= 15 is 0 Å². The third kappa shape index (κ3) is 4.69. The van der Waals surface area contributed by atoms with Crippen LogP contribution in [0.4, 0.5) is 0 Å². The minimum absolute atomic E-state index is 0.0250. The largest absolute Gasteiger partial charge is 0.466 e. The molecule has 0 fully saturated rings. The van der Waals surface area contributed by atoms with Crippen molar-refractivity contribution in [1.82, 2.24) is 5.32 Å². The van der Waals surface area contributed by atoms with Crippen LogP contribution < -0.4 is 5.32 Å². The van der Waals surface area contributed by atoms with E-state index in [1.54, 1.807) is 0 Å². The zero-order valence-corrected chi connectivity index (χ0v) is 14.0. The van der Waals surface area contributed by atoms with E-state index in [9.17, 15) is 4.79 Å². The number of hydrogen-bond donors (Lipinski definition) is 1. The Bertz CT molecular complexity index is 452. The van der Waals surface area contributed by atoms with Gasteiger partial charge in [0.25, 0.3) is 5.91 Å². The monoisotopic (exact) mass is 279 g/mol. The predicted octanol–water partition coefficient (Wildman–Crippen LogP) is 4.48. The second-order valence-corrected chi connectivity index (χ2v) is 7.19. The lowest BCUT2D eigenvalue weighted by Crippen LogP contribution is -2.44. The van der Waals surface area contributed by atoms with Crippen LogP contribution in [0, 0.1) is 25.2 Å². The number of rotatable bonds is 5. The lowest BCUT2D eigenvalue weighted by atomic mass is 9.82. The molecule has 0 aliphatic rings. The Morgan fingerprint density at radius 1 is 1.25 bits per heavy atom. The zero-order valence-electron chi connectivity index (χ0n) is 14.0. The molecule has 3 heteroatoms. The Balaban J connectivity index is 2.79. The summed E-state index contributed by atoms with van der Waals surface area (Å²) in [5.74, 6) is 2.09. The quantitative estimate of drug-likeness (QED) is 0.863. The Morgan fingerprint density at radius 3 is 2.25 bits per heavy atom. The maximum atomic E-state index is 12.4. The van der Waals surface area contributed by atoms with Gasteiger partial charge >= 0.3 is 0 Å². The van der Waals surface area contributed by atoms with Crippen LogP contribution in [-0.2, 0) is 0 Å². The molecule has 0 aromatic carbocycles. The number of amides is 1. The minimum Gasteiger partial charge on any atom is -0.466 e. The third-order valence-corrected chi connectivity index (χ3v) is 3.67. The van der Waals surface area contributed by atoms with E-state index < -0.39 is 0 Å². The van der Waals surface area contributed by atoms with E-state index in [1.807, 2.05) is 19.9 Å². The summed E-state index contributed by atoms with van der Waals surface area (Å²) >= 11 is 0. The van der Waals surface area contributed by atoms with Gasteiger partial charge in [0.15, 0.2) is 0 Å². The van der Waals surface area contributed by atoms with Gasteiger partial charge in [0.05, 0.1) is 5.56 Å². The number of nitrogens with one attached hydrogen (secondary N) is 1. The van der Waals surface area contributed by atoms with Gasteiger partial charge in [-0.2, -0.15) is 0 Å². The first kappa shape index (κ1) is 16.8. The summed E-state index contributed by atoms with van der Waals surface area (Å²) in [6, 6.07) is 1.99. The number of aryl methyl sites for hydroxylation is 2. The van der Waals surface area contributed by atoms with Gasteiger partial charge in [-0.05, 0) is 44.1 Å². The van der Waals surface area contributed by atoms with Crippen molar-refractivity contribution in [3.63, 3.8) is 0 Å². The van der Waals surface area contributed by atoms with Crippen molar-refractivity contribution in [2.75, 3.05) is 0 Å². The van der Waals surface area contributed by atoms with Crippen molar-refractivity contribution in [2.24, 2.45) is 11.3 Å². The zero-order chi connectivity index (χ0) is 15.5. The first-order chi connectivity index (χ1) is 9.11. The van der Waals surface area contributed by atoms with E-state index in [0.29, 0.717) is 17.2 Å². The van der Waals surface area contributed by atoms with Crippen molar-refractivity contribution < 1.29 is 9.21 Å². The second-order valence-electron chi connectivity index (χ2n) is 7.19. The average Bonchev–Trinajstić information content (AvgIpc) is 2.61. The van der Waals surface area contributed by atoms with Gasteiger partial charge in [-0.25, -0.2) is 0 Å². The molecule has 0 radical (unpaired) electrons. The van der Waals surface area contributed by atoms with E-state index in [-0.39, 0.29) is 17.4 Å². The van der Waals surface area contributed by atoms with E-state index in [1.165, 1.54) is 0 Å². The number of carbonyl (C=O) groups excluding carboxylic acids is 1. The van der Waals surface area contributed by atoms with Crippen molar-refractivity contribution in [3.05, 3.63) is 23.2 Å². The first-order valence-electron chi connectivity index (χ1n) is 7.49. The van der Waals surface area contributed by atoms with Crippen LogP contribution in [0.1, 0.15) is 69.3 Å². The fraction of sp³-hybridized carbons (Fsp3) is 0.706. The summed E-state index contributed by atoms with van der Waals surface area (Å²) in [7, 11) is 0. The molecule has 3 nitrogen and oxygen atoms in total. The van der Waals surface area contributed by atoms with Gasteiger partial charge in [0, 0.05) is 6.04 Å². The van der Waals surface area contributed by atoms with Crippen LogP contribution in [0.2, 0.25) is 0 Å². The van der Waals surface area contributed by atoms with E-state index in [2.05, 4.69) is 39.9 Å². The third-order valence-electron chi connectivity index (χ3n) is 3.67. The van der Waals surface area contributed by atoms with Gasteiger partial charge < -0.3 is 9.73 Å². The molecule has 1 aromatic heterocycles. The standard InChI is InChI=1S/C17H29NO2/c1-11(2)8-9-15(17(5,6)7)18-16(19)14-10-12(3)20-13(14)4/h10-11,15H,8-9H2,1-7H3,(H,18,19). The lowest BCUT2D eigenvalue weighted by Gasteiger charge is -2.32. The van der Waals surface area contributed by atoms with E-state index in [4.69, 9.17) is 4.42 Å². The maximum Gasteiger partial charge on any atom is 0.255 e. The lowest BCUT2D eigenvalue weighted by molar-refractivity contribution is 0.0892. The number of carbonyl (C=O) groups is 1. The fourth-order valence-corrected chi connectivity index (χ4v) is 2.31. The van der Waals surface area contributed by atoms with Gasteiger partial charge in [0.1, 0.15) is 11.5 Å². The summed E-state index contributed by atoms with van der Waals surface area (Å²) < 4.78 is 5.44. The Kier molecular flexibility index (Phi) is 5.43. The van der Waals surface area contributed by atoms with Crippen molar-refractivity contribution >= 4 is 5.91 Å². The molecule has 0 saturated carbocycles. The normalized spacial score (nSPS) is 13.6. The smallest absolute Gasteiger partial charge is 0.255 e. The highest BCUT2D eigenvalue weighted by atomic mass is 16.3. The molecule has 1 rings (SSSR count). The van der Waals surface area contributed by atoms with Crippen LogP contribution in [0.3, 0.4) is 0 Å². The molecule has 0 aliphatic carbocycles. The molecular weight excluding hydrogens is 250 g/mol. The molecule has 114 valence electrons. The molecule has 20 heavy (non-hydrogen) atoms. The second kappa shape index (κ2) is 6.47. The predicted molar refractivity (Wildman–Crippen MR) is 83.0 cm³/mol. The molecule has 0 bridgehead atoms. The Morgan fingerprint density at radius 2 is 1.85 bits per heavy atom. The highest BCUT2D eigenvalue weighted by Crippen LogP contribution is 2.25. The number of hydrogen-bond acceptors (Lipinski definition) is 2. The van der Waals surface area contributed by atoms with Crippen molar-refractivity contribution in [3.8, 4) is 0 Å². The molecule has 1 heterocycles. The van der Waals surface area contributed by atoms with Gasteiger partial charge in [-0.3, -0.25) is 4.79 Å². The van der Waals surface area contributed by atoms with Crippen LogP contribution in [0.5, 0.6) is 0 Å². The SMILES string of the molecule is Cc1cc(C(=O)NC(CCC(C)C)C(C)(C)C)c(C)o1. The molecule has 0 saturated heterocycles. The van der Waals surface area contributed by atoms with Gasteiger partial charge in [0.2, 0.25) is 0 Å². The van der Waals surface area contributed by atoms with Crippen molar-refractivity contribution in [1.29, 1.82) is 0 Å². The van der Waals surface area contributed by atoms with Crippen LogP contribution in [-0.4, -0.2) is 11.9 Å². The molecule has 1 amide bonds. The van der Waals surface area contributed by atoms with E-state index in [0.717, 1.165) is 18.6 Å². The fourth-order valence-electron chi connectivity index (χ4n) is 2.31. The molecule has 1 N–H and O–H groups in total. The van der Waals surface area contributed by atoms with Gasteiger partial charge in [-0.1, -0.05) is 34.6 Å². The molecule has 1 aromatic rings. The van der Waals surface area contributed by atoms with Crippen LogP contribution in [0.25, 0.3) is 0 Å². The topological polar surface area (TPSA) is 42.2 Å².